The van der Waals surface area contributed by atoms with Crippen molar-refractivity contribution >= 4 is 5.97 Å². The smallest absolute Gasteiger partial charge is 0.307 e. The quantitative estimate of drug-likeness (QED) is 0.609. The van der Waals surface area contributed by atoms with Crippen LogP contribution in [0.1, 0.15) is 47.0 Å². The fourth-order valence-corrected chi connectivity index (χ4v) is 2.12. The van der Waals surface area contributed by atoms with Gasteiger partial charge in [0.2, 0.25) is 0 Å². The summed E-state index contributed by atoms with van der Waals surface area (Å²) in [6.45, 7) is 12.0. The van der Waals surface area contributed by atoms with Crippen molar-refractivity contribution in [2.45, 2.75) is 59.0 Å². The molecule has 0 aliphatic carbocycles. The minimum absolute atomic E-state index is 0.148. The second kappa shape index (κ2) is 10.3. The van der Waals surface area contributed by atoms with Crippen LogP contribution in [0.4, 0.5) is 0 Å². The van der Waals surface area contributed by atoms with E-state index in [0.717, 1.165) is 26.1 Å². The second-order valence-electron chi connectivity index (χ2n) is 4.92. The van der Waals surface area contributed by atoms with Gasteiger partial charge in [0.05, 0.1) is 13.5 Å². The lowest BCUT2D eigenvalue weighted by atomic mass is 10.1. The zero-order valence-corrected chi connectivity index (χ0v) is 12.7. The Hall–Kier alpha value is -0.610. The number of hydrogen-bond donors (Lipinski definition) is 1. The normalized spacial score (nSPS) is 14.6. The lowest BCUT2D eigenvalue weighted by Gasteiger charge is -2.22. The van der Waals surface area contributed by atoms with Gasteiger partial charge in [0.15, 0.2) is 0 Å². The van der Waals surface area contributed by atoms with E-state index >= 15 is 0 Å². The van der Waals surface area contributed by atoms with E-state index in [4.69, 9.17) is 0 Å². The molecule has 108 valence electrons. The summed E-state index contributed by atoms with van der Waals surface area (Å²) >= 11 is 0. The molecule has 0 spiro atoms. The highest BCUT2D eigenvalue weighted by Crippen LogP contribution is 2.02. The molecule has 2 unspecified atom stereocenters. The predicted octanol–water partition coefficient (Wildman–Crippen LogP) is 2.04. The minimum atomic E-state index is -0.148. The number of carbonyl (C=O) groups excluding carboxylic acids is 1. The molecule has 18 heavy (non-hydrogen) atoms. The molecule has 0 fully saturated rings. The van der Waals surface area contributed by atoms with Gasteiger partial charge in [-0.15, -0.1) is 0 Å². The number of hydrogen-bond acceptors (Lipinski definition) is 4. The maximum absolute atomic E-state index is 11.1. The molecule has 0 radical (unpaired) electrons. The average Bonchev–Trinajstić information content (AvgIpc) is 2.34. The number of ether oxygens (including phenoxy) is 1. The van der Waals surface area contributed by atoms with E-state index in [2.05, 4.69) is 35.7 Å². The van der Waals surface area contributed by atoms with Gasteiger partial charge in [-0.1, -0.05) is 13.8 Å². The molecule has 0 bridgehead atoms. The number of carbonyl (C=O) groups is 1. The SMILES string of the molecule is CCN(CC)CCCC(C)NC(C)CC(=O)OC. The van der Waals surface area contributed by atoms with Gasteiger partial charge in [-0.25, -0.2) is 0 Å². The maximum Gasteiger partial charge on any atom is 0.307 e. The van der Waals surface area contributed by atoms with Gasteiger partial charge < -0.3 is 15.0 Å². The van der Waals surface area contributed by atoms with Crippen molar-refractivity contribution in [3.05, 3.63) is 0 Å². The third-order valence-corrected chi connectivity index (χ3v) is 3.28. The maximum atomic E-state index is 11.1. The van der Waals surface area contributed by atoms with Crippen LogP contribution < -0.4 is 5.32 Å². The average molecular weight is 258 g/mol. The summed E-state index contributed by atoms with van der Waals surface area (Å²) in [5.41, 5.74) is 0. The third kappa shape index (κ3) is 8.48. The molecular formula is C14H30N2O2. The second-order valence-corrected chi connectivity index (χ2v) is 4.92. The molecule has 0 saturated heterocycles. The molecule has 1 N–H and O–H groups in total. The molecule has 2 atom stereocenters. The van der Waals surface area contributed by atoms with E-state index in [-0.39, 0.29) is 12.0 Å². The van der Waals surface area contributed by atoms with Crippen LogP contribution in [-0.4, -0.2) is 49.7 Å². The van der Waals surface area contributed by atoms with Gasteiger partial charge in [0.1, 0.15) is 0 Å². The highest BCUT2D eigenvalue weighted by atomic mass is 16.5. The van der Waals surface area contributed by atoms with Crippen LogP contribution in [-0.2, 0) is 9.53 Å². The molecule has 0 heterocycles. The van der Waals surface area contributed by atoms with Crippen LogP contribution >= 0.6 is 0 Å². The van der Waals surface area contributed by atoms with E-state index in [1.54, 1.807) is 0 Å². The zero-order chi connectivity index (χ0) is 14.0. The molecule has 0 aromatic heterocycles. The minimum Gasteiger partial charge on any atom is -0.469 e. The highest BCUT2D eigenvalue weighted by molar-refractivity contribution is 5.69. The standard InChI is InChI=1S/C14H30N2O2/c1-6-16(7-2)10-8-9-12(3)15-13(4)11-14(17)18-5/h12-13,15H,6-11H2,1-5H3. The predicted molar refractivity (Wildman–Crippen MR) is 75.7 cm³/mol. The number of nitrogens with zero attached hydrogens (tertiary/aromatic N) is 1. The lowest BCUT2D eigenvalue weighted by Crippen LogP contribution is -2.36. The Morgan fingerprint density at radius 1 is 1.22 bits per heavy atom. The Labute approximate surface area is 112 Å². The molecule has 0 saturated carbocycles. The van der Waals surface area contributed by atoms with Gasteiger partial charge in [-0.3, -0.25) is 4.79 Å². The van der Waals surface area contributed by atoms with Gasteiger partial charge in [-0.2, -0.15) is 0 Å². The summed E-state index contributed by atoms with van der Waals surface area (Å²) in [5.74, 6) is -0.148. The molecule has 0 amide bonds. The van der Waals surface area contributed by atoms with E-state index in [9.17, 15) is 4.79 Å². The van der Waals surface area contributed by atoms with Crippen molar-refractivity contribution in [2.75, 3.05) is 26.7 Å². The number of methoxy groups -OCH3 is 1. The Kier molecular flexibility index (Phi) is 9.98. The summed E-state index contributed by atoms with van der Waals surface area (Å²) < 4.78 is 4.66. The molecule has 0 aliphatic rings. The van der Waals surface area contributed by atoms with Gasteiger partial charge in [0.25, 0.3) is 0 Å². The topological polar surface area (TPSA) is 41.6 Å². The molecule has 4 nitrogen and oxygen atoms in total. The van der Waals surface area contributed by atoms with Crippen molar-refractivity contribution in [3.8, 4) is 0 Å². The first kappa shape index (κ1) is 17.4. The summed E-state index contributed by atoms with van der Waals surface area (Å²) in [4.78, 5) is 13.6. The first-order chi connectivity index (χ1) is 8.53. The number of esters is 1. The first-order valence-electron chi connectivity index (χ1n) is 7.08. The van der Waals surface area contributed by atoms with Crippen molar-refractivity contribution in [1.82, 2.24) is 10.2 Å². The summed E-state index contributed by atoms with van der Waals surface area (Å²) in [5, 5.41) is 3.44. The molecular weight excluding hydrogens is 228 g/mol. The Balaban J connectivity index is 3.69. The molecule has 0 rings (SSSR count). The van der Waals surface area contributed by atoms with E-state index < -0.39 is 0 Å². The summed E-state index contributed by atoms with van der Waals surface area (Å²) in [6, 6.07) is 0.626. The largest absolute Gasteiger partial charge is 0.469 e. The van der Waals surface area contributed by atoms with Crippen molar-refractivity contribution < 1.29 is 9.53 Å². The summed E-state index contributed by atoms with van der Waals surface area (Å²) in [6.07, 6.45) is 2.78. The van der Waals surface area contributed by atoms with Crippen LogP contribution in [0.3, 0.4) is 0 Å². The molecule has 4 heteroatoms. The monoisotopic (exact) mass is 258 g/mol. The molecule has 0 aromatic rings. The van der Waals surface area contributed by atoms with Crippen LogP contribution in [0.2, 0.25) is 0 Å². The van der Waals surface area contributed by atoms with Crippen LogP contribution in [0, 0.1) is 0 Å². The number of nitrogens with one attached hydrogen (secondary N) is 1. The van der Waals surface area contributed by atoms with E-state index in [0.29, 0.717) is 12.5 Å². The van der Waals surface area contributed by atoms with Gasteiger partial charge in [0, 0.05) is 12.1 Å². The van der Waals surface area contributed by atoms with Crippen LogP contribution in [0.15, 0.2) is 0 Å². The molecule has 0 aromatic carbocycles. The third-order valence-electron chi connectivity index (χ3n) is 3.28. The van der Waals surface area contributed by atoms with Crippen molar-refractivity contribution in [3.63, 3.8) is 0 Å². The lowest BCUT2D eigenvalue weighted by molar-refractivity contribution is -0.141. The fourth-order valence-electron chi connectivity index (χ4n) is 2.12. The number of rotatable bonds is 10. The summed E-state index contributed by atoms with van der Waals surface area (Å²) in [7, 11) is 1.43. The molecule has 0 aliphatic heterocycles. The van der Waals surface area contributed by atoms with Crippen molar-refractivity contribution in [2.24, 2.45) is 0 Å². The van der Waals surface area contributed by atoms with Crippen LogP contribution in [0.25, 0.3) is 0 Å². The van der Waals surface area contributed by atoms with Gasteiger partial charge >= 0.3 is 5.97 Å². The zero-order valence-electron chi connectivity index (χ0n) is 12.7. The van der Waals surface area contributed by atoms with E-state index in [1.807, 2.05) is 6.92 Å². The highest BCUT2D eigenvalue weighted by Gasteiger charge is 2.11. The van der Waals surface area contributed by atoms with Crippen LogP contribution in [0.5, 0.6) is 0 Å². The Bertz CT molecular complexity index is 218. The fraction of sp³-hybridized carbons (Fsp3) is 0.929. The van der Waals surface area contributed by atoms with Crippen molar-refractivity contribution in [1.29, 1.82) is 0 Å². The first-order valence-corrected chi connectivity index (χ1v) is 7.08. The van der Waals surface area contributed by atoms with Gasteiger partial charge in [-0.05, 0) is 46.3 Å². The Morgan fingerprint density at radius 2 is 1.83 bits per heavy atom. The Morgan fingerprint density at radius 3 is 2.33 bits per heavy atom. The van der Waals surface area contributed by atoms with E-state index in [1.165, 1.54) is 13.5 Å².